The van der Waals surface area contributed by atoms with E-state index in [0.717, 1.165) is 40.1 Å². The minimum atomic E-state index is 0.664. The van der Waals surface area contributed by atoms with Gasteiger partial charge in [0.2, 0.25) is 0 Å². The molecule has 0 radical (unpaired) electrons. The van der Waals surface area contributed by atoms with Crippen molar-refractivity contribution in [2.75, 3.05) is 0 Å². The average Bonchev–Trinajstić information content (AvgIpc) is 3.02. The van der Waals surface area contributed by atoms with Crippen LogP contribution in [0.3, 0.4) is 0 Å². The van der Waals surface area contributed by atoms with E-state index in [1.807, 2.05) is 42.1 Å². The first-order valence-corrected chi connectivity index (χ1v) is 7.27. The fourth-order valence-corrected chi connectivity index (χ4v) is 2.81. The number of fused-ring (bicyclic) bond motifs is 1. The zero-order chi connectivity index (χ0) is 15.0. The molecule has 5 heteroatoms. The van der Waals surface area contributed by atoms with Gasteiger partial charge in [-0.2, -0.15) is 5.10 Å². The van der Waals surface area contributed by atoms with Gasteiger partial charge in [0.15, 0.2) is 0 Å². The van der Waals surface area contributed by atoms with Crippen molar-refractivity contribution in [2.24, 2.45) is 0 Å². The highest BCUT2D eigenvalue weighted by molar-refractivity contribution is 6.31. The second-order valence-electron chi connectivity index (χ2n) is 5.04. The number of halogens is 1. The van der Waals surface area contributed by atoms with Crippen LogP contribution in [0.1, 0.15) is 28.7 Å². The summed E-state index contributed by atoms with van der Waals surface area (Å²) in [5, 5.41) is 6.22. The molecule has 108 valence electrons. The highest BCUT2D eigenvalue weighted by atomic mass is 35.5. The predicted octanol–water partition coefficient (Wildman–Crippen LogP) is 3.68. The number of carbonyl (C=O) groups is 1. The van der Waals surface area contributed by atoms with Crippen molar-refractivity contribution in [2.45, 2.75) is 26.9 Å². The SMILES string of the molecule is CCn1nc(C)c(Cl)c1Cn1ccc2cc(C=O)ccc21. The van der Waals surface area contributed by atoms with Gasteiger partial charge in [-0.3, -0.25) is 9.48 Å². The van der Waals surface area contributed by atoms with E-state index in [2.05, 4.69) is 16.6 Å². The van der Waals surface area contributed by atoms with Gasteiger partial charge in [-0.05, 0) is 38.1 Å². The Hall–Kier alpha value is -2.07. The number of carbonyl (C=O) groups excluding carboxylic acids is 1. The van der Waals surface area contributed by atoms with E-state index in [-0.39, 0.29) is 0 Å². The van der Waals surface area contributed by atoms with Gasteiger partial charge in [-0.25, -0.2) is 0 Å². The molecule has 0 atom stereocenters. The molecule has 0 bridgehead atoms. The number of aromatic nitrogens is 3. The summed E-state index contributed by atoms with van der Waals surface area (Å²) in [6, 6.07) is 7.70. The Balaban J connectivity index is 2.04. The normalized spacial score (nSPS) is 11.2. The second kappa shape index (κ2) is 5.37. The Morgan fingerprint density at radius 1 is 1.33 bits per heavy atom. The molecule has 3 rings (SSSR count). The summed E-state index contributed by atoms with van der Waals surface area (Å²) in [7, 11) is 0. The molecule has 4 nitrogen and oxygen atoms in total. The van der Waals surface area contributed by atoms with E-state index in [0.29, 0.717) is 12.1 Å². The van der Waals surface area contributed by atoms with Gasteiger partial charge in [-0.15, -0.1) is 0 Å². The van der Waals surface area contributed by atoms with E-state index in [9.17, 15) is 4.79 Å². The molecule has 0 aliphatic rings. The fourth-order valence-electron chi connectivity index (χ4n) is 2.61. The molecule has 0 saturated heterocycles. The molecule has 21 heavy (non-hydrogen) atoms. The van der Waals surface area contributed by atoms with Gasteiger partial charge in [0.25, 0.3) is 0 Å². The highest BCUT2D eigenvalue weighted by Crippen LogP contribution is 2.24. The van der Waals surface area contributed by atoms with E-state index in [4.69, 9.17) is 11.6 Å². The van der Waals surface area contributed by atoms with E-state index in [1.165, 1.54) is 0 Å². The maximum atomic E-state index is 10.8. The Kier molecular flexibility index (Phi) is 3.55. The molecule has 0 aliphatic heterocycles. The number of benzene rings is 1. The first-order valence-electron chi connectivity index (χ1n) is 6.90. The van der Waals surface area contributed by atoms with Gasteiger partial charge >= 0.3 is 0 Å². The molecule has 2 aromatic heterocycles. The summed E-state index contributed by atoms with van der Waals surface area (Å²) in [4.78, 5) is 10.8. The van der Waals surface area contributed by atoms with Crippen LogP contribution in [0.15, 0.2) is 30.5 Å². The van der Waals surface area contributed by atoms with Gasteiger partial charge in [-0.1, -0.05) is 11.6 Å². The average molecular weight is 302 g/mol. The maximum Gasteiger partial charge on any atom is 0.150 e. The molecule has 0 saturated carbocycles. The minimum Gasteiger partial charge on any atom is -0.341 e. The summed E-state index contributed by atoms with van der Waals surface area (Å²) >= 11 is 6.37. The minimum absolute atomic E-state index is 0.664. The number of aryl methyl sites for hydroxylation is 2. The zero-order valence-electron chi connectivity index (χ0n) is 12.0. The third-order valence-corrected chi connectivity index (χ3v) is 4.20. The molecule has 1 aromatic carbocycles. The van der Waals surface area contributed by atoms with Crippen LogP contribution < -0.4 is 0 Å². The molecule has 3 aromatic rings. The number of rotatable bonds is 4. The monoisotopic (exact) mass is 301 g/mol. The van der Waals surface area contributed by atoms with Gasteiger partial charge < -0.3 is 4.57 Å². The lowest BCUT2D eigenvalue weighted by atomic mass is 10.2. The van der Waals surface area contributed by atoms with Gasteiger partial charge in [0.1, 0.15) is 6.29 Å². The van der Waals surface area contributed by atoms with Crippen molar-refractivity contribution in [3.63, 3.8) is 0 Å². The Bertz CT molecular complexity index is 816. The van der Waals surface area contributed by atoms with E-state index in [1.54, 1.807) is 0 Å². The summed E-state index contributed by atoms with van der Waals surface area (Å²) in [5.41, 5.74) is 3.63. The molecular formula is C16H16ClN3O. The number of nitrogens with zero attached hydrogens (tertiary/aromatic N) is 3. The van der Waals surface area contributed by atoms with Crippen molar-refractivity contribution >= 4 is 28.8 Å². The predicted molar refractivity (Wildman–Crippen MR) is 84.1 cm³/mol. The number of aldehydes is 1. The molecule has 0 aliphatic carbocycles. The molecule has 0 unspecified atom stereocenters. The molecule has 0 fully saturated rings. The van der Waals surface area contributed by atoms with Crippen LogP contribution in [0.2, 0.25) is 5.02 Å². The number of hydrogen-bond donors (Lipinski definition) is 0. The van der Waals surface area contributed by atoms with Crippen LogP contribution in [0, 0.1) is 6.92 Å². The van der Waals surface area contributed by atoms with Crippen molar-refractivity contribution in [1.29, 1.82) is 0 Å². The van der Waals surface area contributed by atoms with Crippen molar-refractivity contribution in [1.82, 2.24) is 14.3 Å². The fraction of sp³-hybridized carbons (Fsp3) is 0.250. The first-order chi connectivity index (χ1) is 10.1. The van der Waals surface area contributed by atoms with Gasteiger partial charge in [0.05, 0.1) is 23.0 Å². The summed E-state index contributed by atoms with van der Waals surface area (Å²) < 4.78 is 4.06. The molecule has 0 spiro atoms. The Morgan fingerprint density at radius 2 is 2.14 bits per heavy atom. The molecule has 0 N–H and O–H groups in total. The quantitative estimate of drug-likeness (QED) is 0.690. The van der Waals surface area contributed by atoms with E-state index >= 15 is 0 Å². The maximum absolute atomic E-state index is 10.8. The van der Waals surface area contributed by atoms with Crippen molar-refractivity contribution < 1.29 is 4.79 Å². The van der Waals surface area contributed by atoms with Crippen molar-refractivity contribution in [3.8, 4) is 0 Å². The third kappa shape index (κ3) is 2.36. The Labute approximate surface area is 127 Å². The second-order valence-corrected chi connectivity index (χ2v) is 5.42. The van der Waals surface area contributed by atoms with Crippen LogP contribution in [0.25, 0.3) is 10.9 Å². The number of hydrogen-bond acceptors (Lipinski definition) is 2. The zero-order valence-corrected chi connectivity index (χ0v) is 12.8. The molecule has 0 amide bonds. The van der Waals surface area contributed by atoms with Crippen LogP contribution in [-0.4, -0.2) is 20.6 Å². The standard InChI is InChI=1S/C16H16ClN3O/c1-3-20-15(16(17)11(2)18-20)9-19-7-6-13-8-12(10-21)4-5-14(13)19/h4-8,10H,3,9H2,1-2H3. The van der Waals surface area contributed by atoms with Crippen LogP contribution in [-0.2, 0) is 13.1 Å². The highest BCUT2D eigenvalue weighted by Gasteiger charge is 2.13. The Morgan fingerprint density at radius 3 is 2.86 bits per heavy atom. The topological polar surface area (TPSA) is 39.8 Å². The lowest BCUT2D eigenvalue weighted by Crippen LogP contribution is -2.07. The first kappa shape index (κ1) is 13.9. The lowest BCUT2D eigenvalue weighted by Gasteiger charge is -2.08. The van der Waals surface area contributed by atoms with E-state index < -0.39 is 0 Å². The van der Waals surface area contributed by atoms with Crippen LogP contribution in [0.5, 0.6) is 0 Å². The van der Waals surface area contributed by atoms with Crippen molar-refractivity contribution in [3.05, 3.63) is 52.4 Å². The van der Waals surface area contributed by atoms with Gasteiger partial charge in [0, 0.05) is 29.2 Å². The lowest BCUT2D eigenvalue weighted by molar-refractivity contribution is 0.112. The molecular weight excluding hydrogens is 286 g/mol. The summed E-state index contributed by atoms with van der Waals surface area (Å²) in [5.74, 6) is 0. The third-order valence-electron chi connectivity index (χ3n) is 3.70. The largest absolute Gasteiger partial charge is 0.341 e. The summed E-state index contributed by atoms with van der Waals surface area (Å²) in [6.07, 6.45) is 2.88. The molecule has 2 heterocycles. The van der Waals surface area contributed by atoms with Crippen LogP contribution >= 0.6 is 11.6 Å². The summed E-state index contributed by atoms with van der Waals surface area (Å²) in [6.45, 7) is 5.42. The van der Waals surface area contributed by atoms with Crippen LogP contribution in [0.4, 0.5) is 0 Å². The smallest absolute Gasteiger partial charge is 0.150 e.